The summed E-state index contributed by atoms with van der Waals surface area (Å²) in [5, 5.41) is 3.09. The average Bonchev–Trinajstić information content (AvgIpc) is 2.44. The number of guanidine groups is 1. The van der Waals surface area contributed by atoms with Gasteiger partial charge in [-0.15, -0.1) is 0 Å². The topological polar surface area (TPSA) is 50.4 Å². The minimum atomic E-state index is 0.459. The van der Waals surface area contributed by atoms with E-state index in [-0.39, 0.29) is 0 Å². The minimum Gasteiger partial charge on any atom is -0.370 e. The standard InChI is InChI=1S/C17H21N3/c1-13-3-7-15(8-4-13)11-12-19-17(18)20-16-9-5-14(2)6-10-16/h3-10H,11-12H2,1-2H3,(H3,18,19,20). The van der Waals surface area contributed by atoms with Crippen molar-refractivity contribution in [2.45, 2.75) is 20.3 Å². The van der Waals surface area contributed by atoms with Crippen LogP contribution < -0.4 is 11.1 Å². The third kappa shape index (κ3) is 4.43. The van der Waals surface area contributed by atoms with Crippen LogP contribution in [0.4, 0.5) is 5.69 Å². The number of nitrogens with one attached hydrogen (secondary N) is 1. The van der Waals surface area contributed by atoms with E-state index in [1.807, 2.05) is 24.3 Å². The van der Waals surface area contributed by atoms with Crippen molar-refractivity contribution >= 4 is 11.6 Å². The van der Waals surface area contributed by atoms with Crippen LogP contribution in [0, 0.1) is 13.8 Å². The van der Waals surface area contributed by atoms with Gasteiger partial charge in [-0.05, 0) is 38.0 Å². The fourth-order valence-electron chi connectivity index (χ4n) is 1.88. The first-order valence-electron chi connectivity index (χ1n) is 6.82. The summed E-state index contributed by atoms with van der Waals surface area (Å²) in [7, 11) is 0. The van der Waals surface area contributed by atoms with Crippen LogP contribution in [0.2, 0.25) is 0 Å². The highest BCUT2D eigenvalue weighted by molar-refractivity contribution is 5.92. The molecule has 2 aromatic carbocycles. The Labute approximate surface area is 120 Å². The monoisotopic (exact) mass is 267 g/mol. The molecule has 0 saturated carbocycles. The Morgan fingerprint density at radius 3 is 2.10 bits per heavy atom. The number of nitrogens with two attached hydrogens (primary N) is 1. The van der Waals surface area contributed by atoms with Gasteiger partial charge in [0.1, 0.15) is 0 Å². The van der Waals surface area contributed by atoms with Gasteiger partial charge in [0, 0.05) is 12.2 Å². The molecule has 0 aliphatic carbocycles. The van der Waals surface area contributed by atoms with Gasteiger partial charge in [-0.25, -0.2) is 0 Å². The summed E-state index contributed by atoms with van der Waals surface area (Å²) in [5.74, 6) is 0.459. The number of nitrogens with zero attached hydrogens (tertiary/aromatic N) is 1. The molecular weight excluding hydrogens is 246 g/mol. The molecule has 0 aromatic heterocycles. The summed E-state index contributed by atoms with van der Waals surface area (Å²) in [4.78, 5) is 4.34. The fraction of sp³-hybridized carbons (Fsp3) is 0.235. The molecule has 0 fully saturated rings. The van der Waals surface area contributed by atoms with E-state index in [0.717, 1.165) is 12.1 Å². The molecule has 104 valence electrons. The van der Waals surface area contributed by atoms with Gasteiger partial charge in [0.25, 0.3) is 0 Å². The highest BCUT2D eigenvalue weighted by atomic mass is 15.1. The van der Waals surface area contributed by atoms with E-state index in [2.05, 4.69) is 48.4 Å². The first kappa shape index (κ1) is 14.1. The molecule has 0 amide bonds. The van der Waals surface area contributed by atoms with Crippen molar-refractivity contribution in [2.24, 2.45) is 10.7 Å². The Hall–Kier alpha value is -2.29. The first-order chi connectivity index (χ1) is 9.63. The Bertz CT molecular complexity index is 568. The van der Waals surface area contributed by atoms with Crippen molar-refractivity contribution in [1.29, 1.82) is 0 Å². The predicted octanol–water partition coefficient (Wildman–Crippen LogP) is 3.27. The number of aryl methyl sites for hydroxylation is 2. The van der Waals surface area contributed by atoms with Crippen LogP contribution in [-0.2, 0) is 6.42 Å². The van der Waals surface area contributed by atoms with E-state index in [1.54, 1.807) is 0 Å². The molecule has 0 aliphatic heterocycles. The lowest BCUT2D eigenvalue weighted by Gasteiger charge is -2.06. The number of hydrogen-bond donors (Lipinski definition) is 2. The molecule has 2 rings (SSSR count). The van der Waals surface area contributed by atoms with Crippen LogP contribution in [-0.4, -0.2) is 12.5 Å². The number of aliphatic imine (C=N–C) groups is 1. The number of hydrogen-bond acceptors (Lipinski definition) is 1. The zero-order valence-electron chi connectivity index (χ0n) is 12.1. The van der Waals surface area contributed by atoms with Crippen molar-refractivity contribution in [3.05, 3.63) is 65.2 Å². The highest BCUT2D eigenvalue weighted by Crippen LogP contribution is 2.08. The zero-order valence-corrected chi connectivity index (χ0v) is 12.1. The highest BCUT2D eigenvalue weighted by Gasteiger charge is 1.95. The summed E-state index contributed by atoms with van der Waals surface area (Å²) < 4.78 is 0. The predicted molar refractivity (Wildman–Crippen MR) is 86.2 cm³/mol. The van der Waals surface area contributed by atoms with Crippen LogP contribution in [0.25, 0.3) is 0 Å². The van der Waals surface area contributed by atoms with Crippen LogP contribution in [0.5, 0.6) is 0 Å². The van der Waals surface area contributed by atoms with Gasteiger partial charge in [0.15, 0.2) is 5.96 Å². The summed E-state index contributed by atoms with van der Waals surface area (Å²) in [6, 6.07) is 16.6. The van der Waals surface area contributed by atoms with Gasteiger partial charge in [0.05, 0.1) is 0 Å². The molecule has 0 spiro atoms. The lowest BCUT2D eigenvalue weighted by molar-refractivity contribution is 0.964. The van der Waals surface area contributed by atoms with Crippen LogP contribution in [0.3, 0.4) is 0 Å². The fourth-order valence-corrected chi connectivity index (χ4v) is 1.88. The molecule has 0 atom stereocenters. The van der Waals surface area contributed by atoms with E-state index in [9.17, 15) is 0 Å². The van der Waals surface area contributed by atoms with Crippen LogP contribution in [0.15, 0.2) is 53.5 Å². The summed E-state index contributed by atoms with van der Waals surface area (Å²) in [6.45, 7) is 4.84. The molecule has 3 N–H and O–H groups in total. The molecule has 20 heavy (non-hydrogen) atoms. The Balaban J connectivity index is 1.84. The molecule has 3 nitrogen and oxygen atoms in total. The number of anilines is 1. The molecule has 3 heteroatoms. The zero-order chi connectivity index (χ0) is 14.4. The summed E-state index contributed by atoms with van der Waals surface area (Å²) >= 11 is 0. The Kier molecular flexibility index (Phi) is 4.77. The minimum absolute atomic E-state index is 0.459. The second-order valence-corrected chi connectivity index (χ2v) is 4.99. The average molecular weight is 267 g/mol. The van der Waals surface area contributed by atoms with Gasteiger partial charge in [-0.2, -0.15) is 0 Å². The second-order valence-electron chi connectivity index (χ2n) is 4.99. The quantitative estimate of drug-likeness (QED) is 0.660. The second kappa shape index (κ2) is 6.75. The van der Waals surface area contributed by atoms with Gasteiger partial charge in [0.2, 0.25) is 0 Å². The summed E-state index contributed by atoms with van der Waals surface area (Å²) in [6.07, 6.45) is 0.899. The number of rotatable bonds is 4. The third-order valence-electron chi connectivity index (χ3n) is 3.13. The van der Waals surface area contributed by atoms with Crippen molar-refractivity contribution in [2.75, 3.05) is 11.9 Å². The molecule has 0 unspecified atom stereocenters. The van der Waals surface area contributed by atoms with E-state index in [4.69, 9.17) is 5.73 Å². The molecule has 0 radical (unpaired) electrons. The van der Waals surface area contributed by atoms with Crippen molar-refractivity contribution in [3.8, 4) is 0 Å². The lowest BCUT2D eigenvalue weighted by atomic mass is 10.1. The molecule has 0 heterocycles. The van der Waals surface area contributed by atoms with Gasteiger partial charge >= 0.3 is 0 Å². The first-order valence-corrected chi connectivity index (χ1v) is 6.82. The van der Waals surface area contributed by atoms with Gasteiger partial charge in [-0.1, -0.05) is 47.5 Å². The maximum atomic E-state index is 5.87. The maximum absolute atomic E-state index is 5.87. The molecular formula is C17H21N3. The Morgan fingerprint density at radius 2 is 1.50 bits per heavy atom. The lowest BCUT2D eigenvalue weighted by Crippen LogP contribution is -2.23. The largest absolute Gasteiger partial charge is 0.370 e. The van der Waals surface area contributed by atoms with E-state index >= 15 is 0 Å². The maximum Gasteiger partial charge on any atom is 0.193 e. The van der Waals surface area contributed by atoms with E-state index in [1.165, 1.54) is 16.7 Å². The molecule has 0 bridgehead atoms. The van der Waals surface area contributed by atoms with Crippen molar-refractivity contribution in [1.82, 2.24) is 0 Å². The Morgan fingerprint density at radius 1 is 0.950 bits per heavy atom. The molecule has 0 aliphatic rings. The van der Waals surface area contributed by atoms with Crippen molar-refractivity contribution in [3.63, 3.8) is 0 Å². The van der Waals surface area contributed by atoms with E-state index in [0.29, 0.717) is 12.5 Å². The smallest absolute Gasteiger partial charge is 0.193 e. The summed E-state index contributed by atoms with van der Waals surface area (Å²) in [5.41, 5.74) is 10.6. The third-order valence-corrected chi connectivity index (χ3v) is 3.13. The van der Waals surface area contributed by atoms with Gasteiger partial charge in [-0.3, -0.25) is 4.99 Å². The molecule has 2 aromatic rings. The van der Waals surface area contributed by atoms with Crippen LogP contribution in [0.1, 0.15) is 16.7 Å². The SMILES string of the molecule is Cc1ccc(CCN=C(N)Nc2ccc(C)cc2)cc1. The number of benzene rings is 2. The van der Waals surface area contributed by atoms with Gasteiger partial charge < -0.3 is 11.1 Å². The normalized spacial score (nSPS) is 11.4. The van der Waals surface area contributed by atoms with E-state index < -0.39 is 0 Å². The molecule has 0 saturated heterocycles. The van der Waals surface area contributed by atoms with Crippen LogP contribution >= 0.6 is 0 Å². The van der Waals surface area contributed by atoms with Crippen molar-refractivity contribution < 1.29 is 0 Å².